The van der Waals surface area contributed by atoms with Crippen molar-refractivity contribution in [2.45, 2.75) is 54.4 Å². The SMILES string of the molecule is CC(C)c1cc2c(-c3cccc4ccccc34)cccc2[cH-]1.Cc1cc(C)c(-c2ccc(C)c3[cH-]c(C)cc23)c(C)c1.Cl.Cl.[CH3-].[CH3-].[Si]=[Zr]. The van der Waals surface area contributed by atoms with Gasteiger partial charge in [0.15, 0.2) is 0 Å². The number of fused-ring (bicyclic) bond motifs is 3. The van der Waals surface area contributed by atoms with E-state index >= 15 is 0 Å². The fraction of sp³-hybridized carbons (Fsp3) is 0.182. The minimum absolute atomic E-state index is 0. The molecule has 7 aromatic carbocycles. The van der Waals surface area contributed by atoms with Crippen LogP contribution in [0.1, 0.15) is 53.1 Å². The number of hydrogen-bond donors (Lipinski definition) is 0. The van der Waals surface area contributed by atoms with Crippen LogP contribution in [0.2, 0.25) is 0 Å². The van der Waals surface area contributed by atoms with Gasteiger partial charge in [-0.15, -0.1) is 93.4 Å². The summed E-state index contributed by atoms with van der Waals surface area (Å²) in [5, 5.41) is 8.10. The zero-order chi connectivity index (χ0) is 31.5. The fourth-order valence-electron chi connectivity index (χ4n) is 6.70. The third-order valence-electron chi connectivity index (χ3n) is 8.72. The maximum absolute atomic E-state index is 3.06. The van der Waals surface area contributed by atoms with Gasteiger partial charge in [0.1, 0.15) is 0 Å². The van der Waals surface area contributed by atoms with Gasteiger partial charge in [-0.25, -0.2) is 0 Å². The Balaban J connectivity index is 0.000000425. The van der Waals surface area contributed by atoms with Crippen LogP contribution in [0.15, 0.2) is 109 Å². The first-order valence-corrected chi connectivity index (χ1v) is 19.6. The van der Waals surface area contributed by atoms with Gasteiger partial charge in [-0.3, -0.25) is 0 Å². The van der Waals surface area contributed by atoms with Crippen LogP contribution in [0.5, 0.6) is 0 Å². The maximum atomic E-state index is 3.06. The van der Waals surface area contributed by atoms with E-state index in [9.17, 15) is 0 Å². The van der Waals surface area contributed by atoms with Crippen molar-refractivity contribution in [1.29, 1.82) is 0 Å². The first-order valence-electron chi connectivity index (χ1n) is 15.4. The number of halogens is 2. The van der Waals surface area contributed by atoms with Gasteiger partial charge < -0.3 is 14.9 Å². The van der Waals surface area contributed by atoms with E-state index in [0.717, 1.165) is 0 Å². The molecule has 0 saturated carbocycles. The van der Waals surface area contributed by atoms with Crippen molar-refractivity contribution in [3.05, 3.63) is 157 Å². The number of aryl methyl sites for hydroxylation is 5. The van der Waals surface area contributed by atoms with Gasteiger partial charge in [-0.05, 0) is 59.7 Å². The molecule has 0 unspecified atom stereocenters. The summed E-state index contributed by atoms with van der Waals surface area (Å²) in [5.41, 5.74) is 13.6. The van der Waals surface area contributed by atoms with E-state index in [1.807, 2.05) is 0 Å². The molecule has 2 radical (unpaired) electrons. The van der Waals surface area contributed by atoms with Crippen molar-refractivity contribution in [1.82, 2.24) is 0 Å². The van der Waals surface area contributed by atoms with E-state index < -0.39 is 0 Å². The third-order valence-corrected chi connectivity index (χ3v) is 8.72. The second kappa shape index (κ2) is 18.9. The summed E-state index contributed by atoms with van der Waals surface area (Å²) in [6.45, 7) is 18.6. The summed E-state index contributed by atoms with van der Waals surface area (Å²) < 4.78 is 0. The van der Waals surface area contributed by atoms with E-state index in [-0.39, 0.29) is 39.7 Å². The zero-order valence-corrected chi connectivity index (χ0v) is 34.9. The molecule has 0 aromatic heterocycles. The van der Waals surface area contributed by atoms with E-state index in [1.54, 1.807) is 0 Å². The Hall–Kier alpha value is -2.74. The molecule has 48 heavy (non-hydrogen) atoms. The van der Waals surface area contributed by atoms with Gasteiger partial charge in [-0.2, -0.15) is 12.1 Å². The summed E-state index contributed by atoms with van der Waals surface area (Å²) in [6, 6.07) is 40.2. The number of rotatable bonds is 3. The van der Waals surface area contributed by atoms with Crippen molar-refractivity contribution in [3.63, 3.8) is 0 Å². The zero-order valence-electron chi connectivity index (χ0n) is 29.8. The van der Waals surface area contributed by atoms with Gasteiger partial charge in [-0.1, -0.05) is 111 Å². The van der Waals surface area contributed by atoms with Crippen LogP contribution in [-0.4, -0.2) is 6.88 Å². The van der Waals surface area contributed by atoms with Gasteiger partial charge in [0.05, 0.1) is 0 Å². The first kappa shape index (κ1) is 43.3. The Bertz CT molecular complexity index is 2070. The second-order valence-electron chi connectivity index (χ2n) is 12.3. The molecule has 0 bridgehead atoms. The first-order chi connectivity index (χ1) is 21.2. The Kier molecular flexibility index (Phi) is 17.0. The Labute approximate surface area is 319 Å². The molecule has 7 rings (SSSR count). The third kappa shape index (κ3) is 8.88. The van der Waals surface area contributed by atoms with Crippen molar-refractivity contribution in [2.24, 2.45) is 0 Å². The molecule has 0 spiro atoms. The topological polar surface area (TPSA) is 0 Å². The average molecular weight is 767 g/mol. The van der Waals surface area contributed by atoms with Crippen molar-refractivity contribution >= 4 is 64.0 Å². The molecule has 0 nitrogen and oxygen atoms in total. The molecule has 0 N–H and O–H groups in total. The normalized spacial score (nSPS) is 10.1. The van der Waals surface area contributed by atoms with Gasteiger partial charge >= 0.3 is 30.2 Å². The van der Waals surface area contributed by atoms with E-state index in [0.29, 0.717) is 5.92 Å². The van der Waals surface area contributed by atoms with E-state index in [4.69, 9.17) is 0 Å². The van der Waals surface area contributed by atoms with Crippen LogP contribution in [-0.2, 0) is 23.3 Å². The Morgan fingerprint density at radius 3 is 1.79 bits per heavy atom. The molecule has 250 valence electrons. The van der Waals surface area contributed by atoms with Gasteiger partial charge in [0.25, 0.3) is 0 Å². The standard InChI is InChI=1S/C22H19.C20H21.2CH3.2ClH.Si.Zr/c1-15(2)18-13-17-9-6-12-21(22(17)14-18)20-11-5-8-16-7-3-4-10-19(16)20;1-12-8-15(4)20(16(5)9-12)17-7-6-14(3)18-10-13(2)11-19(17)18;;;;;;/h3-15H,1-2H3;6-11H,1-5H3;2*1H3;2*1H;;/q4*-1;;;;. The minimum atomic E-state index is 0. The quantitative estimate of drug-likeness (QED) is 0.124. The molecule has 0 aliphatic heterocycles. The Morgan fingerprint density at radius 1 is 0.562 bits per heavy atom. The van der Waals surface area contributed by atoms with Crippen molar-refractivity contribution in [3.8, 4) is 22.3 Å². The van der Waals surface area contributed by atoms with Crippen LogP contribution >= 0.6 is 24.8 Å². The van der Waals surface area contributed by atoms with Crippen LogP contribution < -0.4 is 0 Å². The monoisotopic (exact) mass is 764 g/mol. The summed E-state index contributed by atoms with van der Waals surface area (Å²) in [4.78, 5) is 0. The summed E-state index contributed by atoms with van der Waals surface area (Å²) in [7, 11) is 0. The van der Waals surface area contributed by atoms with Crippen LogP contribution in [0, 0.1) is 49.5 Å². The molecule has 0 aliphatic rings. The Morgan fingerprint density at radius 2 is 1.15 bits per heavy atom. The van der Waals surface area contributed by atoms with Crippen molar-refractivity contribution in [2.75, 3.05) is 0 Å². The molecule has 0 atom stereocenters. The summed E-state index contributed by atoms with van der Waals surface area (Å²) in [6.07, 6.45) is 0. The molecular weight excluding hydrogens is 719 g/mol. The second-order valence-corrected chi connectivity index (χ2v) is 12.3. The molecule has 0 amide bonds. The summed E-state index contributed by atoms with van der Waals surface area (Å²) >= 11 is 1.36. The molecule has 7 aromatic rings. The number of benzene rings is 5. The number of hydrogen-bond acceptors (Lipinski definition) is 0. The van der Waals surface area contributed by atoms with Crippen molar-refractivity contribution < 1.29 is 23.3 Å². The molecule has 0 fully saturated rings. The molecule has 0 saturated heterocycles. The van der Waals surface area contributed by atoms with Crippen LogP contribution in [0.4, 0.5) is 0 Å². The van der Waals surface area contributed by atoms with E-state index in [2.05, 4.69) is 165 Å². The molecular formula is C44H48Cl2SiZr-4. The van der Waals surface area contributed by atoms with Crippen LogP contribution in [0.3, 0.4) is 0 Å². The average Bonchev–Trinajstić information content (AvgIpc) is 3.63. The van der Waals surface area contributed by atoms with Gasteiger partial charge in [0, 0.05) is 0 Å². The van der Waals surface area contributed by atoms with Crippen LogP contribution in [0.25, 0.3) is 54.6 Å². The fourth-order valence-corrected chi connectivity index (χ4v) is 6.70. The predicted molar refractivity (Wildman–Crippen MR) is 218 cm³/mol. The van der Waals surface area contributed by atoms with E-state index in [1.165, 1.54) is 111 Å². The molecule has 4 heteroatoms. The summed E-state index contributed by atoms with van der Waals surface area (Å²) in [5.74, 6) is 0.563. The van der Waals surface area contributed by atoms with Gasteiger partial charge in [0.2, 0.25) is 0 Å². The molecule has 0 heterocycles. The predicted octanol–water partition coefficient (Wildman–Crippen LogP) is 13.6. The molecule has 0 aliphatic carbocycles.